The number of carbonyl (C=O) groups excluding carboxylic acids is 1. The summed E-state index contributed by atoms with van der Waals surface area (Å²) in [4.78, 5) is 14.8. The molecule has 1 N–H and O–H groups in total. The number of azide groups is 1. The summed E-state index contributed by atoms with van der Waals surface area (Å²) in [5.41, 5.74) is 11.3. The van der Waals surface area contributed by atoms with Crippen molar-refractivity contribution in [3.05, 3.63) is 45.3 Å². The van der Waals surface area contributed by atoms with Crippen LogP contribution in [0.3, 0.4) is 0 Å². The number of benzene rings is 1. The minimum absolute atomic E-state index is 0.286. The topological polar surface area (TPSA) is 87.1 Å². The molecule has 1 atom stereocenters. The molecule has 6 heteroatoms. The smallest absolute Gasteiger partial charge is 0.327 e. The van der Waals surface area contributed by atoms with Gasteiger partial charge in [0.05, 0.1) is 6.61 Å². The molecule has 114 valence electrons. The summed E-state index contributed by atoms with van der Waals surface area (Å²) in [7, 11) is 0. The van der Waals surface area contributed by atoms with E-state index in [1.807, 2.05) is 26.0 Å². The lowest BCUT2D eigenvalue weighted by atomic mass is 10.0. The van der Waals surface area contributed by atoms with Gasteiger partial charge in [0.1, 0.15) is 6.04 Å². The van der Waals surface area contributed by atoms with Gasteiger partial charge in [-0.1, -0.05) is 34.4 Å². The highest BCUT2D eigenvalue weighted by molar-refractivity contribution is 5.77. The van der Waals surface area contributed by atoms with Crippen molar-refractivity contribution in [2.75, 3.05) is 19.7 Å². The monoisotopic (exact) mass is 290 g/mol. The van der Waals surface area contributed by atoms with Crippen LogP contribution >= 0.6 is 0 Å². The normalized spacial score (nSPS) is 11.6. The molecule has 0 radical (unpaired) electrons. The van der Waals surface area contributed by atoms with Gasteiger partial charge in [0.2, 0.25) is 0 Å². The van der Waals surface area contributed by atoms with Gasteiger partial charge in [0.25, 0.3) is 0 Å². The van der Waals surface area contributed by atoms with Crippen LogP contribution in [0.25, 0.3) is 10.4 Å². The van der Waals surface area contributed by atoms with Gasteiger partial charge >= 0.3 is 5.97 Å². The van der Waals surface area contributed by atoms with Crippen LogP contribution in [-0.2, 0) is 9.53 Å². The second-order valence-electron chi connectivity index (χ2n) is 4.87. The molecule has 21 heavy (non-hydrogen) atoms. The van der Waals surface area contributed by atoms with Gasteiger partial charge < -0.3 is 10.1 Å². The number of nitrogens with one attached hydrogen (secondary N) is 1. The van der Waals surface area contributed by atoms with Crippen molar-refractivity contribution >= 4 is 5.97 Å². The van der Waals surface area contributed by atoms with Crippen LogP contribution < -0.4 is 5.32 Å². The van der Waals surface area contributed by atoms with Crippen molar-refractivity contribution in [2.24, 2.45) is 5.11 Å². The average Bonchev–Trinajstić information content (AvgIpc) is 2.41. The molecule has 1 unspecified atom stereocenters. The Morgan fingerprint density at radius 3 is 2.62 bits per heavy atom. The number of esters is 1. The largest absolute Gasteiger partial charge is 0.465 e. The van der Waals surface area contributed by atoms with Gasteiger partial charge in [-0.2, -0.15) is 0 Å². The summed E-state index contributed by atoms with van der Waals surface area (Å²) in [6.07, 6.45) is 0.671. The fourth-order valence-corrected chi connectivity index (χ4v) is 2.18. The molecular weight excluding hydrogens is 268 g/mol. The Balaban J connectivity index is 2.80. The van der Waals surface area contributed by atoms with E-state index in [4.69, 9.17) is 10.3 Å². The van der Waals surface area contributed by atoms with Gasteiger partial charge in [-0.25, -0.2) is 4.79 Å². The number of rotatable bonds is 8. The van der Waals surface area contributed by atoms with Crippen LogP contribution in [0.15, 0.2) is 23.3 Å². The molecule has 0 aromatic heterocycles. The molecule has 0 aliphatic rings. The molecule has 0 saturated carbocycles. The van der Waals surface area contributed by atoms with Crippen LogP contribution in [0.1, 0.15) is 36.1 Å². The molecule has 1 rings (SSSR count). The molecule has 0 heterocycles. The quantitative estimate of drug-likeness (QED) is 0.262. The molecule has 0 amide bonds. The number of hydrogen-bond acceptors (Lipinski definition) is 4. The maximum atomic E-state index is 12.1. The highest BCUT2D eigenvalue weighted by Crippen LogP contribution is 2.18. The third-order valence-corrected chi connectivity index (χ3v) is 2.95. The SMILES string of the molecule is CCOC(=O)C(NCCCN=[N+]=[N-])c1cc(C)cc(C)c1. The van der Waals surface area contributed by atoms with Crippen LogP contribution in [0, 0.1) is 13.8 Å². The molecule has 0 bridgehead atoms. The second kappa shape index (κ2) is 9.00. The van der Waals surface area contributed by atoms with Crippen molar-refractivity contribution in [1.82, 2.24) is 5.32 Å². The number of aryl methyl sites for hydroxylation is 2. The van der Waals surface area contributed by atoms with Gasteiger partial charge in [0.15, 0.2) is 0 Å². The summed E-state index contributed by atoms with van der Waals surface area (Å²) >= 11 is 0. The molecule has 0 aliphatic carbocycles. The summed E-state index contributed by atoms with van der Waals surface area (Å²) in [5.74, 6) is -0.286. The highest BCUT2D eigenvalue weighted by atomic mass is 16.5. The molecule has 1 aromatic carbocycles. The lowest BCUT2D eigenvalue weighted by Crippen LogP contribution is -2.31. The van der Waals surface area contributed by atoms with E-state index < -0.39 is 6.04 Å². The summed E-state index contributed by atoms with van der Waals surface area (Å²) in [6, 6.07) is 5.53. The molecule has 0 spiro atoms. The molecule has 0 aliphatic heterocycles. The van der Waals surface area contributed by atoms with E-state index in [0.29, 0.717) is 26.1 Å². The minimum atomic E-state index is -0.491. The van der Waals surface area contributed by atoms with Gasteiger partial charge in [-0.05, 0) is 44.8 Å². The Morgan fingerprint density at radius 1 is 1.38 bits per heavy atom. The molecule has 0 fully saturated rings. The maximum absolute atomic E-state index is 12.1. The zero-order valence-electron chi connectivity index (χ0n) is 12.8. The van der Waals surface area contributed by atoms with Gasteiger partial charge in [0, 0.05) is 11.5 Å². The van der Waals surface area contributed by atoms with E-state index in [-0.39, 0.29) is 5.97 Å². The van der Waals surface area contributed by atoms with Crippen LogP contribution in [0.2, 0.25) is 0 Å². The second-order valence-corrected chi connectivity index (χ2v) is 4.87. The van der Waals surface area contributed by atoms with Crippen molar-refractivity contribution in [3.63, 3.8) is 0 Å². The summed E-state index contributed by atoms with van der Waals surface area (Å²) < 4.78 is 5.13. The molecule has 1 aromatic rings. The van der Waals surface area contributed by atoms with E-state index >= 15 is 0 Å². The predicted octanol–water partition coefficient (Wildman–Crippen LogP) is 3.20. The fraction of sp³-hybridized carbons (Fsp3) is 0.533. The zero-order valence-corrected chi connectivity index (χ0v) is 12.8. The maximum Gasteiger partial charge on any atom is 0.327 e. The Bertz CT molecular complexity index is 504. The van der Waals surface area contributed by atoms with Gasteiger partial charge in [-0.15, -0.1) is 0 Å². The Kier molecular flexibility index (Phi) is 7.29. The van der Waals surface area contributed by atoms with E-state index in [2.05, 4.69) is 21.4 Å². The first-order valence-electron chi connectivity index (χ1n) is 7.07. The van der Waals surface area contributed by atoms with Crippen molar-refractivity contribution in [3.8, 4) is 0 Å². The minimum Gasteiger partial charge on any atom is -0.465 e. The van der Waals surface area contributed by atoms with E-state index in [1.165, 1.54) is 0 Å². The number of carbonyl (C=O) groups is 1. The Hall–Kier alpha value is -2.04. The summed E-state index contributed by atoms with van der Waals surface area (Å²) in [6.45, 7) is 7.13. The highest BCUT2D eigenvalue weighted by Gasteiger charge is 2.21. The third-order valence-electron chi connectivity index (χ3n) is 2.95. The lowest BCUT2D eigenvalue weighted by molar-refractivity contribution is -0.145. The average molecular weight is 290 g/mol. The van der Waals surface area contributed by atoms with Crippen LogP contribution in [0.5, 0.6) is 0 Å². The molecule has 0 saturated heterocycles. The zero-order chi connectivity index (χ0) is 15.7. The lowest BCUT2D eigenvalue weighted by Gasteiger charge is -2.18. The third kappa shape index (κ3) is 5.85. The first-order valence-corrected chi connectivity index (χ1v) is 7.07. The van der Waals surface area contributed by atoms with Crippen molar-refractivity contribution in [2.45, 2.75) is 33.2 Å². The first kappa shape index (κ1) is 17.0. The van der Waals surface area contributed by atoms with Crippen molar-refractivity contribution in [1.29, 1.82) is 0 Å². The number of ether oxygens (including phenoxy) is 1. The number of hydrogen-bond donors (Lipinski definition) is 1. The van der Waals surface area contributed by atoms with Crippen LogP contribution in [-0.4, -0.2) is 25.7 Å². The molecule has 6 nitrogen and oxygen atoms in total. The van der Waals surface area contributed by atoms with Crippen molar-refractivity contribution < 1.29 is 9.53 Å². The standard InChI is InChI=1S/C15H22N4O2/c1-4-21-15(20)14(17-6-5-7-18-19-16)13-9-11(2)8-12(3)10-13/h8-10,14,17H,4-7H2,1-3H3. The Morgan fingerprint density at radius 2 is 2.05 bits per heavy atom. The Labute approximate surface area is 125 Å². The van der Waals surface area contributed by atoms with E-state index in [9.17, 15) is 4.79 Å². The van der Waals surface area contributed by atoms with Gasteiger partial charge in [-0.3, -0.25) is 0 Å². The first-order chi connectivity index (χ1) is 10.1. The van der Waals surface area contributed by atoms with E-state index in [0.717, 1.165) is 16.7 Å². The van der Waals surface area contributed by atoms with Crippen LogP contribution in [0.4, 0.5) is 0 Å². The fourth-order valence-electron chi connectivity index (χ4n) is 2.18. The van der Waals surface area contributed by atoms with E-state index in [1.54, 1.807) is 6.92 Å². The summed E-state index contributed by atoms with van der Waals surface area (Å²) in [5, 5.41) is 6.65. The molecular formula is C15H22N4O2. The number of nitrogens with zero attached hydrogens (tertiary/aromatic N) is 3. The predicted molar refractivity (Wildman–Crippen MR) is 81.9 cm³/mol.